The molecule has 1 aliphatic heterocycles. The number of hydrogen-bond donors (Lipinski definition) is 2. The summed E-state index contributed by atoms with van der Waals surface area (Å²) in [6.45, 7) is 2.48. The van der Waals surface area contributed by atoms with Gasteiger partial charge in [-0.1, -0.05) is 0 Å². The first-order chi connectivity index (χ1) is 9.34. The average Bonchev–Trinajstić information content (AvgIpc) is 2.41. The molecule has 1 heterocycles. The number of aromatic hydroxyl groups is 1. The van der Waals surface area contributed by atoms with Crippen molar-refractivity contribution >= 4 is 16.0 Å². The fourth-order valence-electron chi connectivity index (χ4n) is 2.03. The maximum Gasteiger partial charge on any atom is 0.339 e. The van der Waals surface area contributed by atoms with Gasteiger partial charge >= 0.3 is 5.97 Å². The number of carbonyl (C=O) groups is 1. The van der Waals surface area contributed by atoms with Crippen LogP contribution in [0, 0.1) is 6.92 Å². The van der Waals surface area contributed by atoms with E-state index in [1.165, 1.54) is 16.4 Å². The van der Waals surface area contributed by atoms with E-state index in [9.17, 15) is 18.3 Å². The zero-order valence-corrected chi connectivity index (χ0v) is 11.7. The molecule has 110 valence electrons. The minimum Gasteiger partial charge on any atom is -0.506 e. The van der Waals surface area contributed by atoms with E-state index in [0.29, 0.717) is 5.56 Å². The van der Waals surface area contributed by atoms with Gasteiger partial charge < -0.3 is 14.9 Å². The molecule has 0 unspecified atom stereocenters. The molecule has 2 rings (SSSR count). The van der Waals surface area contributed by atoms with E-state index in [0.717, 1.165) is 0 Å². The summed E-state index contributed by atoms with van der Waals surface area (Å²) in [5.41, 5.74) is 0.0314. The lowest BCUT2D eigenvalue weighted by Crippen LogP contribution is -2.40. The summed E-state index contributed by atoms with van der Waals surface area (Å²) in [6.07, 6.45) is 0. The van der Waals surface area contributed by atoms with E-state index in [1.54, 1.807) is 6.92 Å². The van der Waals surface area contributed by atoms with Crippen LogP contribution in [0.2, 0.25) is 0 Å². The highest BCUT2D eigenvalue weighted by molar-refractivity contribution is 7.89. The number of carboxylic acids is 1. The van der Waals surface area contributed by atoms with Crippen LogP contribution < -0.4 is 0 Å². The first-order valence-electron chi connectivity index (χ1n) is 5.99. The lowest BCUT2D eigenvalue weighted by Gasteiger charge is -2.26. The number of ether oxygens (including phenoxy) is 1. The van der Waals surface area contributed by atoms with Crippen molar-refractivity contribution in [2.75, 3.05) is 26.3 Å². The summed E-state index contributed by atoms with van der Waals surface area (Å²) < 4.78 is 31.2. The third-order valence-electron chi connectivity index (χ3n) is 3.04. The predicted octanol–water partition coefficient (Wildman–Crippen LogP) is 0.420. The molecule has 1 saturated heterocycles. The Hall–Kier alpha value is -1.64. The van der Waals surface area contributed by atoms with Crippen LogP contribution >= 0.6 is 0 Å². The van der Waals surface area contributed by atoms with Crippen molar-refractivity contribution < 1.29 is 28.2 Å². The lowest BCUT2D eigenvalue weighted by molar-refractivity contribution is 0.0692. The Morgan fingerprint density at radius 1 is 1.30 bits per heavy atom. The average molecular weight is 301 g/mol. The van der Waals surface area contributed by atoms with Crippen molar-refractivity contribution in [3.05, 3.63) is 23.3 Å². The van der Waals surface area contributed by atoms with Gasteiger partial charge in [0.15, 0.2) is 0 Å². The van der Waals surface area contributed by atoms with Crippen molar-refractivity contribution in [1.82, 2.24) is 4.31 Å². The van der Waals surface area contributed by atoms with E-state index >= 15 is 0 Å². The second-order valence-corrected chi connectivity index (χ2v) is 6.39. The van der Waals surface area contributed by atoms with Crippen molar-refractivity contribution in [3.8, 4) is 5.75 Å². The monoisotopic (exact) mass is 301 g/mol. The SMILES string of the molecule is Cc1cc(C(=O)O)c(O)c(S(=O)(=O)N2CCOCC2)c1. The predicted molar refractivity (Wildman–Crippen MR) is 69.4 cm³/mol. The van der Waals surface area contributed by atoms with Gasteiger partial charge in [0.2, 0.25) is 10.0 Å². The largest absolute Gasteiger partial charge is 0.506 e. The number of morpholine rings is 1. The van der Waals surface area contributed by atoms with Crippen LogP contribution in [0.3, 0.4) is 0 Å². The van der Waals surface area contributed by atoms with Gasteiger partial charge in [-0.3, -0.25) is 0 Å². The van der Waals surface area contributed by atoms with E-state index < -0.39 is 27.3 Å². The Morgan fingerprint density at radius 3 is 2.45 bits per heavy atom. The molecule has 1 aromatic rings. The van der Waals surface area contributed by atoms with Crippen molar-refractivity contribution in [3.63, 3.8) is 0 Å². The number of phenols is 1. The van der Waals surface area contributed by atoms with E-state index in [-0.39, 0.29) is 31.2 Å². The molecule has 8 heteroatoms. The Morgan fingerprint density at radius 2 is 1.90 bits per heavy atom. The second kappa shape index (κ2) is 5.39. The molecule has 0 bridgehead atoms. The number of sulfonamides is 1. The number of carboxylic acid groups (broad SMARTS) is 1. The summed E-state index contributed by atoms with van der Waals surface area (Å²) in [5.74, 6) is -2.10. The molecule has 7 nitrogen and oxygen atoms in total. The zero-order valence-electron chi connectivity index (χ0n) is 10.9. The molecule has 0 radical (unpaired) electrons. The fourth-order valence-corrected chi connectivity index (χ4v) is 3.63. The highest BCUT2D eigenvalue weighted by Gasteiger charge is 2.31. The second-order valence-electron chi connectivity index (χ2n) is 4.48. The third-order valence-corrected chi connectivity index (χ3v) is 4.95. The molecule has 0 spiro atoms. The standard InChI is InChI=1S/C12H15NO6S/c1-8-6-9(12(15)16)11(14)10(7-8)20(17,18)13-2-4-19-5-3-13/h6-7,14H,2-5H2,1H3,(H,15,16). The summed E-state index contributed by atoms with van der Waals surface area (Å²) in [5, 5.41) is 18.9. The molecule has 20 heavy (non-hydrogen) atoms. The summed E-state index contributed by atoms with van der Waals surface area (Å²) in [7, 11) is -3.93. The number of nitrogens with zero attached hydrogens (tertiary/aromatic N) is 1. The first kappa shape index (κ1) is 14.8. The van der Waals surface area contributed by atoms with Gasteiger partial charge in [-0.25, -0.2) is 13.2 Å². The number of benzene rings is 1. The molecule has 2 N–H and O–H groups in total. The van der Waals surface area contributed by atoms with Gasteiger partial charge in [0.1, 0.15) is 16.2 Å². The smallest absolute Gasteiger partial charge is 0.339 e. The first-order valence-corrected chi connectivity index (χ1v) is 7.43. The summed E-state index contributed by atoms with van der Waals surface area (Å²) in [4.78, 5) is 10.7. The number of hydrogen-bond acceptors (Lipinski definition) is 5. The van der Waals surface area contributed by atoms with Gasteiger partial charge in [-0.15, -0.1) is 0 Å². The van der Waals surface area contributed by atoms with Gasteiger partial charge in [0.25, 0.3) is 0 Å². The Kier molecular flexibility index (Phi) is 3.98. The molecule has 0 atom stereocenters. The molecule has 0 saturated carbocycles. The van der Waals surface area contributed by atoms with Crippen LogP contribution in [0.4, 0.5) is 0 Å². The molecule has 0 aromatic heterocycles. The molecular formula is C12H15NO6S. The van der Waals surface area contributed by atoms with Crippen LogP contribution in [0.5, 0.6) is 5.75 Å². The van der Waals surface area contributed by atoms with Gasteiger partial charge in [-0.05, 0) is 24.6 Å². The van der Waals surface area contributed by atoms with Gasteiger partial charge in [0.05, 0.1) is 13.2 Å². The molecule has 1 aliphatic rings. The molecule has 1 aromatic carbocycles. The minimum atomic E-state index is -3.93. The summed E-state index contributed by atoms with van der Waals surface area (Å²) >= 11 is 0. The lowest BCUT2D eigenvalue weighted by atomic mass is 10.1. The van der Waals surface area contributed by atoms with Gasteiger partial charge in [0, 0.05) is 13.1 Å². The molecular weight excluding hydrogens is 286 g/mol. The maximum atomic E-state index is 12.5. The number of rotatable bonds is 3. The maximum absolute atomic E-state index is 12.5. The van der Waals surface area contributed by atoms with Crippen molar-refractivity contribution in [2.45, 2.75) is 11.8 Å². The molecule has 0 aliphatic carbocycles. The zero-order chi connectivity index (χ0) is 14.9. The van der Waals surface area contributed by atoms with Crippen LogP contribution in [0.1, 0.15) is 15.9 Å². The van der Waals surface area contributed by atoms with Crippen LogP contribution in [0.15, 0.2) is 17.0 Å². The number of aromatic carboxylic acids is 1. The Labute approximate surface area is 116 Å². The normalized spacial score (nSPS) is 17.1. The van der Waals surface area contributed by atoms with Gasteiger partial charge in [-0.2, -0.15) is 4.31 Å². The van der Waals surface area contributed by atoms with Crippen molar-refractivity contribution in [2.24, 2.45) is 0 Å². The van der Waals surface area contributed by atoms with Crippen LogP contribution in [-0.4, -0.2) is 55.2 Å². The highest BCUT2D eigenvalue weighted by Crippen LogP contribution is 2.31. The number of aryl methyl sites for hydroxylation is 1. The van der Waals surface area contributed by atoms with Crippen LogP contribution in [-0.2, 0) is 14.8 Å². The van der Waals surface area contributed by atoms with Crippen molar-refractivity contribution in [1.29, 1.82) is 0 Å². The quantitative estimate of drug-likeness (QED) is 0.838. The van der Waals surface area contributed by atoms with Crippen LogP contribution in [0.25, 0.3) is 0 Å². The van der Waals surface area contributed by atoms with E-state index in [1.807, 2.05) is 0 Å². The Balaban J connectivity index is 2.53. The fraction of sp³-hybridized carbons (Fsp3) is 0.417. The Bertz CT molecular complexity index is 634. The summed E-state index contributed by atoms with van der Waals surface area (Å²) in [6, 6.07) is 2.50. The van der Waals surface area contributed by atoms with E-state index in [2.05, 4.69) is 0 Å². The molecule has 0 amide bonds. The molecule has 1 fully saturated rings. The minimum absolute atomic E-state index is 0.179. The topological polar surface area (TPSA) is 104 Å². The third kappa shape index (κ3) is 2.62. The highest BCUT2D eigenvalue weighted by atomic mass is 32.2. The van der Waals surface area contributed by atoms with E-state index in [4.69, 9.17) is 9.84 Å².